The predicted molar refractivity (Wildman–Crippen MR) is 149 cm³/mol. The molecule has 0 radical (unpaired) electrons. The molecule has 0 spiro atoms. The van der Waals surface area contributed by atoms with Gasteiger partial charge in [0.2, 0.25) is 0 Å². The minimum atomic E-state index is 0.885. The molecule has 1 aromatic heterocycles. The first-order valence-electron chi connectivity index (χ1n) is 11.7. The monoisotopic (exact) mass is 440 g/mol. The average Bonchev–Trinajstić information content (AvgIpc) is 3.21. The van der Waals surface area contributed by atoms with E-state index in [2.05, 4.69) is 121 Å². The summed E-state index contributed by atoms with van der Waals surface area (Å²) in [5.74, 6) is 0. The summed E-state index contributed by atoms with van der Waals surface area (Å²) in [4.78, 5) is 0. The first-order valence-corrected chi connectivity index (χ1v) is 11.7. The van der Waals surface area contributed by atoms with Crippen LogP contribution in [0.5, 0.6) is 0 Å². The highest BCUT2D eigenvalue weighted by atomic mass is 15.0. The first-order chi connectivity index (χ1) is 16.7. The topological polar surface area (TPSA) is 17.0 Å². The van der Waals surface area contributed by atoms with Crippen LogP contribution in [0, 0.1) is 0 Å². The SMILES string of the molecule is C=C/C=C(\C=C)c1ccc2c(c1)c1cc(-c3ccccc3NCC)ccc1n2-c1ccccc1. The molecule has 0 amide bonds. The Morgan fingerprint density at radius 3 is 2.26 bits per heavy atom. The molecule has 0 bridgehead atoms. The van der Waals surface area contributed by atoms with Crippen LogP contribution in [0.25, 0.3) is 44.2 Å². The fourth-order valence-electron chi connectivity index (χ4n) is 4.71. The van der Waals surface area contributed by atoms with Crippen molar-refractivity contribution < 1.29 is 0 Å². The number of fused-ring (bicyclic) bond motifs is 3. The maximum absolute atomic E-state index is 4.00. The third kappa shape index (κ3) is 3.74. The molecule has 0 atom stereocenters. The Labute approximate surface area is 201 Å². The number of aromatic nitrogens is 1. The van der Waals surface area contributed by atoms with Crippen molar-refractivity contribution in [2.45, 2.75) is 6.92 Å². The Bertz CT molecular complexity index is 1530. The quantitative estimate of drug-likeness (QED) is 0.251. The summed E-state index contributed by atoms with van der Waals surface area (Å²) in [7, 11) is 0. The molecule has 34 heavy (non-hydrogen) atoms. The van der Waals surface area contributed by atoms with Crippen LogP contribution in [0.3, 0.4) is 0 Å². The van der Waals surface area contributed by atoms with Crippen molar-refractivity contribution in [1.82, 2.24) is 4.57 Å². The van der Waals surface area contributed by atoms with Crippen molar-refractivity contribution in [2.75, 3.05) is 11.9 Å². The van der Waals surface area contributed by atoms with Crippen LogP contribution in [-0.2, 0) is 0 Å². The van der Waals surface area contributed by atoms with Gasteiger partial charge in [0.05, 0.1) is 11.0 Å². The van der Waals surface area contributed by atoms with E-state index in [1.54, 1.807) is 0 Å². The van der Waals surface area contributed by atoms with Gasteiger partial charge in [-0.2, -0.15) is 0 Å². The summed E-state index contributed by atoms with van der Waals surface area (Å²) in [5.41, 5.74) is 9.29. The zero-order valence-corrected chi connectivity index (χ0v) is 19.5. The van der Waals surface area contributed by atoms with Crippen LogP contribution in [0.1, 0.15) is 12.5 Å². The van der Waals surface area contributed by atoms with E-state index in [4.69, 9.17) is 0 Å². The number of hydrogen-bond donors (Lipinski definition) is 1. The lowest BCUT2D eigenvalue weighted by Gasteiger charge is -2.11. The van der Waals surface area contributed by atoms with E-state index >= 15 is 0 Å². The van der Waals surface area contributed by atoms with Gasteiger partial charge < -0.3 is 9.88 Å². The van der Waals surface area contributed by atoms with Gasteiger partial charge in [-0.15, -0.1) is 0 Å². The molecule has 0 aliphatic rings. The third-order valence-electron chi connectivity index (χ3n) is 6.24. The number of nitrogens with one attached hydrogen (secondary N) is 1. The largest absolute Gasteiger partial charge is 0.385 e. The molecule has 0 fully saturated rings. The highest BCUT2D eigenvalue weighted by Crippen LogP contribution is 2.37. The second kappa shape index (κ2) is 9.29. The number of benzene rings is 4. The number of para-hydroxylation sites is 2. The van der Waals surface area contributed by atoms with Crippen molar-refractivity contribution >= 4 is 33.1 Å². The molecule has 0 aliphatic heterocycles. The summed E-state index contributed by atoms with van der Waals surface area (Å²) >= 11 is 0. The third-order valence-corrected chi connectivity index (χ3v) is 6.24. The van der Waals surface area contributed by atoms with Gasteiger partial charge in [-0.3, -0.25) is 0 Å². The molecule has 0 aliphatic carbocycles. The van der Waals surface area contributed by atoms with Crippen LogP contribution in [0.4, 0.5) is 5.69 Å². The molecule has 1 N–H and O–H groups in total. The molecule has 0 saturated carbocycles. The molecular weight excluding hydrogens is 412 g/mol. The lowest BCUT2D eigenvalue weighted by atomic mass is 9.99. The summed E-state index contributed by atoms with van der Waals surface area (Å²) in [6, 6.07) is 32.5. The highest BCUT2D eigenvalue weighted by molar-refractivity contribution is 6.11. The molecule has 1 heterocycles. The van der Waals surface area contributed by atoms with E-state index in [0.29, 0.717) is 0 Å². The zero-order chi connectivity index (χ0) is 23.5. The minimum Gasteiger partial charge on any atom is -0.385 e. The smallest absolute Gasteiger partial charge is 0.0541 e. The molecule has 0 saturated heterocycles. The Morgan fingerprint density at radius 1 is 0.824 bits per heavy atom. The molecule has 5 rings (SSSR count). The van der Waals surface area contributed by atoms with Crippen LogP contribution in [0.2, 0.25) is 0 Å². The van der Waals surface area contributed by atoms with Gasteiger partial charge in [-0.1, -0.05) is 79.9 Å². The Morgan fingerprint density at radius 2 is 1.53 bits per heavy atom. The summed E-state index contributed by atoms with van der Waals surface area (Å²) < 4.78 is 2.35. The molecule has 5 aromatic rings. The summed E-state index contributed by atoms with van der Waals surface area (Å²) in [6.07, 6.45) is 5.70. The van der Waals surface area contributed by atoms with Gasteiger partial charge >= 0.3 is 0 Å². The normalized spacial score (nSPS) is 11.6. The fraction of sp³-hybridized carbons (Fsp3) is 0.0625. The van der Waals surface area contributed by atoms with Crippen LogP contribution in [0.15, 0.2) is 122 Å². The Balaban J connectivity index is 1.82. The second-order valence-corrected chi connectivity index (χ2v) is 8.27. The van der Waals surface area contributed by atoms with Crippen LogP contribution < -0.4 is 5.32 Å². The lowest BCUT2D eigenvalue weighted by Crippen LogP contribution is -1.98. The zero-order valence-electron chi connectivity index (χ0n) is 19.5. The van der Waals surface area contributed by atoms with Crippen LogP contribution in [-0.4, -0.2) is 11.1 Å². The summed E-state index contributed by atoms with van der Waals surface area (Å²) in [5, 5.41) is 5.95. The molecule has 2 nitrogen and oxygen atoms in total. The maximum Gasteiger partial charge on any atom is 0.0541 e. The van der Waals surface area contributed by atoms with Gasteiger partial charge in [0.15, 0.2) is 0 Å². The number of rotatable bonds is 7. The number of hydrogen-bond acceptors (Lipinski definition) is 1. The van der Waals surface area contributed by atoms with Crippen molar-refractivity contribution in [3.8, 4) is 16.8 Å². The van der Waals surface area contributed by atoms with Crippen molar-refractivity contribution in [3.05, 3.63) is 128 Å². The number of allylic oxidation sites excluding steroid dienone is 4. The van der Waals surface area contributed by atoms with E-state index < -0.39 is 0 Å². The van der Waals surface area contributed by atoms with Gasteiger partial charge in [-0.05, 0) is 66.1 Å². The van der Waals surface area contributed by atoms with Crippen molar-refractivity contribution in [3.63, 3.8) is 0 Å². The van der Waals surface area contributed by atoms with Crippen molar-refractivity contribution in [1.29, 1.82) is 0 Å². The minimum absolute atomic E-state index is 0.885. The summed E-state index contributed by atoms with van der Waals surface area (Å²) in [6.45, 7) is 10.9. The van der Waals surface area contributed by atoms with E-state index in [-0.39, 0.29) is 0 Å². The average molecular weight is 441 g/mol. The van der Waals surface area contributed by atoms with Gasteiger partial charge in [0, 0.05) is 34.3 Å². The van der Waals surface area contributed by atoms with Crippen LogP contribution >= 0.6 is 0 Å². The fourth-order valence-corrected chi connectivity index (χ4v) is 4.71. The highest BCUT2D eigenvalue weighted by Gasteiger charge is 2.15. The predicted octanol–water partition coefficient (Wildman–Crippen LogP) is 8.64. The molecule has 4 aromatic carbocycles. The Hall–Kier alpha value is -4.30. The van der Waals surface area contributed by atoms with Gasteiger partial charge in [-0.25, -0.2) is 0 Å². The van der Waals surface area contributed by atoms with Gasteiger partial charge in [0.1, 0.15) is 0 Å². The van der Waals surface area contributed by atoms with E-state index in [1.165, 1.54) is 32.9 Å². The van der Waals surface area contributed by atoms with E-state index in [0.717, 1.165) is 29.1 Å². The standard InChI is InChI=1S/C32H28N2/c1-4-12-23(5-2)24-17-19-31-28(21-24)29-22-25(27-15-10-11-16-30(27)33-6-3)18-20-32(29)34(31)26-13-8-7-9-14-26/h4-5,7-22,33H,1-2,6H2,3H3/b23-12+. The van der Waals surface area contributed by atoms with E-state index in [9.17, 15) is 0 Å². The number of anilines is 1. The van der Waals surface area contributed by atoms with E-state index in [1.807, 2.05) is 18.2 Å². The molecular formula is C32H28N2. The molecule has 2 heteroatoms. The first kappa shape index (κ1) is 21.5. The second-order valence-electron chi connectivity index (χ2n) is 8.27. The lowest BCUT2D eigenvalue weighted by molar-refractivity contribution is 1.18. The number of nitrogens with zero attached hydrogens (tertiary/aromatic N) is 1. The van der Waals surface area contributed by atoms with Gasteiger partial charge in [0.25, 0.3) is 0 Å². The maximum atomic E-state index is 4.00. The molecule has 0 unspecified atom stereocenters. The van der Waals surface area contributed by atoms with Crippen molar-refractivity contribution in [2.24, 2.45) is 0 Å². The Kier molecular flexibility index (Phi) is 5.88. The molecule has 166 valence electrons.